The van der Waals surface area contributed by atoms with Gasteiger partial charge in [-0.25, -0.2) is 4.79 Å². The minimum absolute atomic E-state index is 0.0312. The molecular weight excluding hydrogens is 200 g/mol. The number of carbonyl (C=O) groups is 1. The first-order chi connectivity index (χ1) is 6.52. The normalized spacial score (nSPS) is 33.1. The van der Waals surface area contributed by atoms with Crippen LogP contribution in [0.4, 0.5) is 4.79 Å². The molecule has 0 radical (unpaired) electrons. The molecule has 1 aliphatic carbocycles. The van der Waals surface area contributed by atoms with Crippen molar-refractivity contribution < 1.29 is 9.53 Å². The Kier molecular flexibility index (Phi) is 4.24. The summed E-state index contributed by atoms with van der Waals surface area (Å²) in [6.45, 7) is 6.60. The first-order valence-electron chi connectivity index (χ1n) is 5.38. The molecule has 1 rings (SSSR count). The second-order valence-electron chi connectivity index (χ2n) is 4.62. The van der Waals surface area contributed by atoms with Crippen LogP contribution in [0.1, 0.15) is 40.0 Å². The Balaban J connectivity index is 2.64. The Morgan fingerprint density at radius 1 is 1.43 bits per heavy atom. The average Bonchev–Trinajstić information content (AvgIpc) is 2.01. The zero-order valence-electron chi connectivity index (χ0n) is 9.13. The summed E-state index contributed by atoms with van der Waals surface area (Å²) in [6, 6.07) is 0. The van der Waals surface area contributed by atoms with Crippen LogP contribution in [0.15, 0.2) is 0 Å². The molecule has 1 aliphatic rings. The zero-order valence-corrected chi connectivity index (χ0v) is 9.88. The van der Waals surface area contributed by atoms with Crippen molar-refractivity contribution in [2.75, 3.05) is 0 Å². The summed E-state index contributed by atoms with van der Waals surface area (Å²) in [5.74, 6) is 1.64. The summed E-state index contributed by atoms with van der Waals surface area (Å²) in [5, 5.41) is 0. The van der Waals surface area contributed by atoms with Crippen LogP contribution in [-0.4, -0.2) is 11.5 Å². The lowest BCUT2D eigenvalue weighted by atomic mass is 9.72. The molecule has 0 bridgehead atoms. The molecule has 0 aliphatic heterocycles. The van der Waals surface area contributed by atoms with Crippen molar-refractivity contribution in [1.29, 1.82) is 0 Å². The fourth-order valence-corrected chi connectivity index (χ4v) is 2.85. The molecule has 0 aromatic carbocycles. The van der Waals surface area contributed by atoms with Gasteiger partial charge in [0.25, 0.3) is 0 Å². The van der Waals surface area contributed by atoms with Gasteiger partial charge in [-0.3, -0.25) is 0 Å². The molecule has 0 aromatic heterocycles. The van der Waals surface area contributed by atoms with E-state index >= 15 is 0 Å². The Bertz CT molecular complexity index is 203. The van der Waals surface area contributed by atoms with Crippen LogP contribution in [0.25, 0.3) is 0 Å². The summed E-state index contributed by atoms with van der Waals surface area (Å²) in [4.78, 5) is 10.7. The van der Waals surface area contributed by atoms with Crippen molar-refractivity contribution in [3.63, 3.8) is 0 Å². The van der Waals surface area contributed by atoms with Gasteiger partial charge in [-0.2, -0.15) is 0 Å². The van der Waals surface area contributed by atoms with Gasteiger partial charge in [0.1, 0.15) is 6.10 Å². The summed E-state index contributed by atoms with van der Waals surface area (Å²) < 4.78 is 5.16. The van der Waals surface area contributed by atoms with Gasteiger partial charge in [0.15, 0.2) is 0 Å². The smallest absolute Gasteiger partial charge is 0.404 e. The SMILES string of the molecule is CC(C)C1C(C)CCCC1OC(=O)Cl. The largest absolute Gasteiger partial charge is 0.450 e. The van der Waals surface area contributed by atoms with Crippen molar-refractivity contribution in [3.05, 3.63) is 0 Å². The molecule has 0 N–H and O–H groups in total. The molecular formula is C11H19ClO2. The molecule has 3 atom stereocenters. The van der Waals surface area contributed by atoms with E-state index in [1.54, 1.807) is 0 Å². The molecule has 0 amide bonds. The molecule has 14 heavy (non-hydrogen) atoms. The summed E-state index contributed by atoms with van der Waals surface area (Å²) in [5.41, 5.74) is -0.658. The number of carbonyl (C=O) groups excluding carboxylic acids is 1. The number of halogens is 1. The van der Waals surface area contributed by atoms with Gasteiger partial charge in [0.05, 0.1) is 0 Å². The van der Waals surface area contributed by atoms with Crippen molar-refractivity contribution >= 4 is 17.0 Å². The maximum absolute atomic E-state index is 10.7. The van der Waals surface area contributed by atoms with Crippen LogP contribution >= 0.6 is 11.6 Å². The highest BCUT2D eigenvalue weighted by molar-refractivity contribution is 6.61. The fourth-order valence-electron chi connectivity index (χ4n) is 2.74. The molecule has 0 saturated heterocycles. The van der Waals surface area contributed by atoms with E-state index in [9.17, 15) is 4.79 Å². The topological polar surface area (TPSA) is 26.3 Å². The molecule has 82 valence electrons. The first-order valence-corrected chi connectivity index (χ1v) is 5.76. The van der Waals surface area contributed by atoms with Gasteiger partial charge in [-0.05, 0) is 24.7 Å². The first kappa shape index (κ1) is 11.8. The minimum atomic E-state index is -0.658. The highest BCUT2D eigenvalue weighted by Crippen LogP contribution is 2.36. The van der Waals surface area contributed by atoms with Crippen molar-refractivity contribution in [2.45, 2.75) is 46.1 Å². The number of hydrogen-bond donors (Lipinski definition) is 0. The number of hydrogen-bond acceptors (Lipinski definition) is 2. The van der Waals surface area contributed by atoms with Gasteiger partial charge >= 0.3 is 5.43 Å². The quantitative estimate of drug-likeness (QED) is 0.659. The molecule has 0 heterocycles. The van der Waals surface area contributed by atoms with Crippen molar-refractivity contribution in [3.8, 4) is 0 Å². The van der Waals surface area contributed by atoms with E-state index in [1.165, 1.54) is 6.42 Å². The van der Waals surface area contributed by atoms with E-state index in [1.807, 2.05) is 0 Å². The zero-order chi connectivity index (χ0) is 10.7. The third-order valence-corrected chi connectivity index (χ3v) is 3.34. The monoisotopic (exact) mass is 218 g/mol. The lowest BCUT2D eigenvalue weighted by molar-refractivity contribution is 0.00643. The summed E-state index contributed by atoms with van der Waals surface area (Å²) >= 11 is 5.27. The number of ether oxygens (including phenoxy) is 1. The van der Waals surface area contributed by atoms with Gasteiger partial charge in [0, 0.05) is 17.5 Å². The maximum atomic E-state index is 10.7. The van der Waals surface area contributed by atoms with E-state index in [2.05, 4.69) is 20.8 Å². The van der Waals surface area contributed by atoms with E-state index in [0.717, 1.165) is 12.8 Å². The van der Waals surface area contributed by atoms with Crippen LogP contribution in [-0.2, 0) is 4.74 Å². The minimum Gasteiger partial charge on any atom is -0.450 e. The van der Waals surface area contributed by atoms with E-state index in [-0.39, 0.29) is 6.10 Å². The lowest BCUT2D eigenvalue weighted by Gasteiger charge is -2.38. The predicted octanol–water partition coefficient (Wildman–Crippen LogP) is 3.82. The van der Waals surface area contributed by atoms with Gasteiger partial charge in [0.2, 0.25) is 0 Å². The molecule has 1 fully saturated rings. The van der Waals surface area contributed by atoms with Crippen molar-refractivity contribution in [2.24, 2.45) is 17.8 Å². The van der Waals surface area contributed by atoms with Crippen molar-refractivity contribution in [1.82, 2.24) is 0 Å². The molecule has 0 spiro atoms. The molecule has 2 nitrogen and oxygen atoms in total. The van der Waals surface area contributed by atoms with Crippen LogP contribution in [0.2, 0.25) is 0 Å². The summed E-state index contributed by atoms with van der Waals surface area (Å²) in [6.07, 6.45) is 3.37. The maximum Gasteiger partial charge on any atom is 0.404 e. The van der Waals surface area contributed by atoms with Gasteiger partial charge in [-0.15, -0.1) is 0 Å². The van der Waals surface area contributed by atoms with E-state index < -0.39 is 5.43 Å². The Labute approximate surface area is 91.0 Å². The lowest BCUT2D eigenvalue weighted by Crippen LogP contribution is -2.37. The highest BCUT2D eigenvalue weighted by Gasteiger charge is 2.34. The second-order valence-corrected chi connectivity index (χ2v) is 4.93. The van der Waals surface area contributed by atoms with Crippen LogP contribution in [0, 0.1) is 17.8 Å². The van der Waals surface area contributed by atoms with Gasteiger partial charge in [-0.1, -0.05) is 27.2 Å². The fraction of sp³-hybridized carbons (Fsp3) is 0.909. The molecule has 3 heteroatoms. The van der Waals surface area contributed by atoms with Gasteiger partial charge < -0.3 is 4.74 Å². The van der Waals surface area contributed by atoms with Crippen LogP contribution in [0.3, 0.4) is 0 Å². The number of rotatable bonds is 2. The molecule has 1 saturated carbocycles. The predicted molar refractivity (Wildman–Crippen MR) is 57.5 cm³/mol. The Morgan fingerprint density at radius 2 is 2.07 bits per heavy atom. The summed E-state index contributed by atoms with van der Waals surface area (Å²) in [7, 11) is 0. The third kappa shape index (κ3) is 2.88. The molecule has 0 aromatic rings. The molecule has 3 unspecified atom stereocenters. The Morgan fingerprint density at radius 3 is 2.57 bits per heavy atom. The van der Waals surface area contributed by atoms with E-state index in [4.69, 9.17) is 16.3 Å². The third-order valence-electron chi connectivity index (χ3n) is 3.25. The van der Waals surface area contributed by atoms with Crippen LogP contribution < -0.4 is 0 Å². The van der Waals surface area contributed by atoms with E-state index in [0.29, 0.717) is 17.8 Å². The second kappa shape index (κ2) is 5.01. The van der Waals surface area contributed by atoms with Crippen LogP contribution in [0.5, 0.6) is 0 Å². The standard InChI is InChI=1S/C11H19ClO2/c1-7(2)10-8(3)5-4-6-9(10)14-11(12)13/h7-10H,4-6H2,1-3H3. The highest BCUT2D eigenvalue weighted by atomic mass is 35.5. The Hall–Kier alpha value is -0.240. The average molecular weight is 219 g/mol.